The Balaban J connectivity index is 1.80. The minimum Gasteiger partial charge on any atom is -0.494 e. The largest absolute Gasteiger partial charge is 0.494 e. The highest BCUT2D eigenvalue weighted by atomic mass is 32.2. The van der Waals surface area contributed by atoms with Gasteiger partial charge in [0.15, 0.2) is 5.78 Å². The third-order valence-electron chi connectivity index (χ3n) is 4.77. The van der Waals surface area contributed by atoms with Crippen molar-refractivity contribution in [3.05, 3.63) is 41.1 Å². The van der Waals surface area contributed by atoms with Gasteiger partial charge in [0.05, 0.1) is 6.61 Å². The summed E-state index contributed by atoms with van der Waals surface area (Å²) in [5.41, 5.74) is 2.81. The molecule has 0 fully saturated rings. The van der Waals surface area contributed by atoms with Gasteiger partial charge in [0, 0.05) is 23.4 Å². The highest BCUT2D eigenvalue weighted by Gasteiger charge is 2.36. The molecule has 1 N–H and O–H groups in total. The van der Waals surface area contributed by atoms with Crippen molar-refractivity contribution < 1.29 is 9.53 Å². The summed E-state index contributed by atoms with van der Waals surface area (Å²) in [6.45, 7) is 4.71. The van der Waals surface area contributed by atoms with Gasteiger partial charge in [-0.25, -0.2) is 4.68 Å². The van der Waals surface area contributed by atoms with Crippen LogP contribution < -0.4 is 10.1 Å². The lowest BCUT2D eigenvalue weighted by molar-refractivity contribution is -0.116. The van der Waals surface area contributed by atoms with E-state index < -0.39 is 0 Å². The molecule has 4 rings (SSSR count). The fourth-order valence-corrected chi connectivity index (χ4v) is 4.32. The molecule has 7 heteroatoms. The number of ketones is 1. The number of benzene rings is 1. The van der Waals surface area contributed by atoms with E-state index in [4.69, 9.17) is 9.84 Å². The molecule has 2 aromatic rings. The van der Waals surface area contributed by atoms with Crippen LogP contribution in [0.1, 0.15) is 51.1 Å². The molecule has 1 unspecified atom stereocenters. The van der Waals surface area contributed by atoms with Crippen LogP contribution in [-0.4, -0.2) is 32.9 Å². The van der Waals surface area contributed by atoms with Crippen LogP contribution in [0.3, 0.4) is 0 Å². The van der Waals surface area contributed by atoms with Crippen molar-refractivity contribution in [3.8, 4) is 5.75 Å². The number of hydrogen-bond donors (Lipinski definition) is 1. The maximum absolute atomic E-state index is 12.8. The van der Waals surface area contributed by atoms with Gasteiger partial charge in [-0.2, -0.15) is 4.98 Å². The first-order chi connectivity index (χ1) is 13.2. The predicted octanol–water partition coefficient (Wildman–Crippen LogP) is 4.20. The van der Waals surface area contributed by atoms with E-state index in [1.165, 1.54) is 0 Å². The number of nitrogens with one attached hydrogen (secondary N) is 1. The van der Waals surface area contributed by atoms with Crippen molar-refractivity contribution in [3.63, 3.8) is 0 Å². The van der Waals surface area contributed by atoms with Gasteiger partial charge < -0.3 is 10.1 Å². The highest BCUT2D eigenvalue weighted by molar-refractivity contribution is 7.99. The lowest BCUT2D eigenvalue weighted by Gasteiger charge is -2.32. The van der Waals surface area contributed by atoms with Gasteiger partial charge in [-0.3, -0.25) is 4.79 Å². The fraction of sp³-hybridized carbons (Fsp3) is 0.450. The van der Waals surface area contributed by atoms with Gasteiger partial charge in [-0.1, -0.05) is 30.8 Å². The predicted molar refractivity (Wildman–Crippen MR) is 106 cm³/mol. The Morgan fingerprint density at radius 3 is 3.04 bits per heavy atom. The number of nitrogens with zero attached hydrogens (tertiary/aromatic N) is 3. The summed E-state index contributed by atoms with van der Waals surface area (Å²) in [7, 11) is 0. The number of fused-ring (bicyclic) bond motifs is 1. The molecule has 1 aromatic carbocycles. The van der Waals surface area contributed by atoms with E-state index in [2.05, 4.69) is 17.2 Å². The van der Waals surface area contributed by atoms with E-state index in [1.54, 1.807) is 11.8 Å². The van der Waals surface area contributed by atoms with Gasteiger partial charge in [-0.05, 0) is 43.9 Å². The summed E-state index contributed by atoms with van der Waals surface area (Å²) < 4.78 is 7.55. The molecule has 27 heavy (non-hydrogen) atoms. The van der Waals surface area contributed by atoms with Gasteiger partial charge in [0.25, 0.3) is 0 Å². The Labute approximate surface area is 163 Å². The Bertz CT molecular complexity index is 890. The van der Waals surface area contributed by atoms with Crippen LogP contribution in [-0.2, 0) is 4.79 Å². The number of ether oxygens (including phenoxy) is 1. The molecule has 142 valence electrons. The molecule has 1 aliphatic carbocycles. The third-order valence-corrected chi connectivity index (χ3v) is 5.81. The SMILES string of the molecule is CCCSc1nc2n(n1)C(c1cccc(OCC)c1)C1=C(CCCC1=O)N2. The van der Waals surface area contributed by atoms with Gasteiger partial charge in [0.2, 0.25) is 11.1 Å². The first kappa shape index (κ1) is 18.1. The van der Waals surface area contributed by atoms with Gasteiger partial charge in [0.1, 0.15) is 11.8 Å². The Kier molecular flexibility index (Phi) is 5.20. The standard InChI is InChI=1S/C20H24N4O2S/c1-3-11-27-20-22-19-21-15-9-6-10-16(25)17(15)18(24(19)23-20)13-7-5-8-14(12-13)26-4-2/h5,7-8,12,18H,3-4,6,9-11H2,1-2H3,(H,21,22,23). The lowest BCUT2D eigenvalue weighted by atomic mass is 9.85. The normalized spacial score (nSPS) is 18.7. The molecular weight excluding hydrogens is 360 g/mol. The quantitative estimate of drug-likeness (QED) is 0.753. The van der Waals surface area contributed by atoms with Gasteiger partial charge >= 0.3 is 0 Å². The monoisotopic (exact) mass is 384 g/mol. The topological polar surface area (TPSA) is 69.0 Å². The molecule has 0 amide bonds. The van der Waals surface area contributed by atoms with E-state index in [9.17, 15) is 4.79 Å². The van der Waals surface area contributed by atoms with Crippen molar-refractivity contribution in [2.24, 2.45) is 0 Å². The van der Waals surface area contributed by atoms with E-state index in [0.717, 1.165) is 52.8 Å². The Hall–Kier alpha value is -2.28. The molecular formula is C20H24N4O2S. The summed E-state index contributed by atoms with van der Waals surface area (Å²) in [4.78, 5) is 17.5. The molecule has 2 aliphatic rings. The van der Waals surface area contributed by atoms with Crippen LogP contribution >= 0.6 is 11.8 Å². The summed E-state index contributed by atoms with van der Waals surface area (Å²) in [6.07, 6.45) is 3.40. The van der Waals surface area contributed by atoms with Crippen LogP contribution in [0.5, 0.6) is 5.75 Å². The minimum atomic E-state index is -0.257. The van der Waals surface area contributed by atoms with E-state index in [-0.39, 0.29) is 11.8 Å². The smallest absolute Gasteiger partial charge is 0.227 e. The maximum atomic E-state index is 12.8. The van der Waals surface area contributed by atoms with Crippen LogP contribution in [0.25, 0.3) is 0 Å². The van der Waals surface area contributed by atoms with Crippen LogP contribution in [0.15, 0.2) is 40.7 Å². The average Bonchev–Trinajstić information content (AvgIpc) is 3.08. The summed E-state index contributed by atoms with van der Waals surface area (Å²) in [5, 5.41) is 8.84. The summed E-state index contributed by atoms with van der Waals surface area (Å²) in [6, 6.07) is 7.70. The zero-order valence-electron chi connectivity index (χ0n) is 15.7. The fourth-order valence-electron chi connectivity index (χ4n) is 3.64. The third kappa shape index (κ3) is 3.48. The van der Waals surface area contributed by atoms with Crippen molar-refractivity contribution in [2.75, 3.05) is 17.7 Å². The number of allylic oxidation sites excluding steroid dienone is 2. The summed E-state index contributed by atoms with van der Waals surface area (Å²) >= 11 is 1.65. The zero-order chi connectivity index (χ0) is 18.8. The first-order valence-corrected chi connectivity index (χ1v) is 10.5. The second-order valence-electron chi connectivity index (χ2n) is 6.71. The number of anilines is 1. The second-order valence-corrected chi connectivity index (χ2v) is 7.78. The number of rotatable bonds is 6. The first-order valence-electron chi connectivity index (χ1n) is 9.56. The molecule has 0 radical (unpaired) electrons. The zero-order valence-corrected chi connectivity index (χ0v) is 16.5. The van der Waals surface area contributed by atoms with E-state index in [1.807, 2.05) is 35.9 Å². The molecule has 0 saturated heterocycles. The molecule has 0 bridgehead atoms. The number of hydrogen-bond acceptors (Lipinski definition) is 6. The van der Waals surface area contributed by atoms with Crippen LogP contribution in [0.2, 0.25) is 0 Å². The van der Waals surface area contributed by atoms with Crippen molar-refractivity contribution in [1.29, 1.82) is 0 Å². The number of carbonyl (C=O) groups is 1. The highest BCUT2D eigenvalue weighted by Crippen LogP contribution is 2.41. The van der Waals surface area contributed by atoms with Crippen molar-refractivity contribution in [2.45, 2.75) is 50.7 Å². The molecule has 1 aliphatic heterocycles. The lowest BCUT2D eigenvalue weighted by Crippen LogP contribution is -2.31. The van der Waals surface area contributed by atoms with Gasteiger partial charge in [-0.15, -0.1) is 5.10 Å². The molecule has 1 aromatic heterocycles. The van der Waals surface area contributed by atoms with Crippen molar-refractivity contribution in [1.82, 2.24) is 14.8 Å². The summed E-state index contributed by atoms with van der Waals surface area (Å²) in [5.74, 6) is 2.69. The Morgan fingerprint density at radius 2 is 2.22 bits per heavy atom. The molecule has 0 saturated carbocycles. The average molecular weight is 385 g/mol. The molecule has 1 atom stereocenters. The van der Waals surface area contributed by atoms with Crippen LogP contribution in [0.4, 0.5) is 5.95 Å². The molecule has 2 heterocycles. The minimum absolute atomic E-state index is 0.194. The molecule has 6 nitrogen and oxygen atoms in total. The van der Waals surface area contributed by atoms with Crippen LogP contribution in [0, 0.1) is 0 Å². The number of aromatic nitrogens is 3. The number of thioether (sulfide) groups is 1. The second kappa shape index (κ2) is 7.76. The number of Topliss-reactive ketones (excluding diaryl/α,β-unsaturated/α-hetero) is 1. The molecule has 0 spiro atoms. The maximum Gasteiger partial charge on any atom is 0.227 e. The van der Waals surface area contributed by atoms with Crippen molar-refractivity contribution >= 4 is 23.5 Å². The number of carbonyl (C=O) groups excluding carboxylic acids is 1. The van der Waals surface area contributed by atoms with E-state index >= 15 is 0 Å². The van der Waals surface area contributed by atoms with E-state index in [0.29, 0.717) is 19.0 Å². The Morgan fingerprint density at radius 1 is 1.33 bits per heavy atom.